The van der Waals surface area contributed by atoms with Crippen LogP contribution >= 0.6 is 0 Å². The smallest absolute Gasteiger partial charge is 0.324 e. The van der Waals surface area contributed by atoms with Crippen molar-refractivity contribution in [2.24, 2.45) is 0 Å². The van der Waals surface area contributed by atoms with Crippen molar-refractivity contribution in [1.29, 1.82) is 0 Å². The minimum atomic E-state index is -3.55. The number of amides is 1. The number of ether oxygens (including phenoxy) is 1. The van der Waals surface area contributed by atoms with Crippen LogP contribution in [0.25, 0.3) is 0 Å². The van der Waals surface area contributed by atoms with Crippen LogP contribution in [-0.2, 0) is 24.3 Å². The van der Waals surface area contributed by atoms with Gasteiger partial charge in [-0.15, -0.1) is 0 Å². The van der Waals surface area contributed by atoms with Crippen molar-refractivity contribution >= 4 is 21.9 Å². The van der Waals surface area contributed by atoms with E-state index in [0.29, 0.717) is 12.8 Å². The van der Waals surface area contributed by atoms with Gasteiger partial charge in [-0.05, 0) is 18.4 Å². The molecule has 2 rings (SSSR count). The maximum absolute atomic E-state index is 12.3. The molecule has 0 saturated carbocycles. The molecule has 136 valence electrons. The zero-order chi connectivity index (χ0) is 18.3. The summed E-state index contributed by atoms with van der Waals surface area (Å²) < 4.78 is 30.5. The van der Waals surface area contributed by atoms with E-state index in [0.717, 1.165) is 11.8 Å². The molecule has 0 bridgehead atoms. The third kappa shape index (κ3) is 6.67. The van der Waals surface area contributed by atoms with Crippen LogP contribution in [0.5, 0.6) is 0 Å². The summed E-state index contributed by atoms with van der Waals surface area (Å²) in [5.41, 5.74) is 0.809. The molecule has 7 nitrogen and oxygen atoms in total. The third-order valence-electron chi connectivity index (χ3n) is 3.65. The summed E-state index contributed by atoms with van der Waals surface area (Å²) in [6.45, 7) is -0.0692. The van der Waals surface area contributed by atoms with Gasteiger partial charge in [0.25, 0.3) is 0 Å². The highest BCUT2D eigenvalue weighted by atomic mass is 32.2. The van der Waals surface area contributed by atoms with E-state index < -0.39 is 28.1 Å². The second kappa shape index (κ2) is 8.77. The molecule has 0 spiro atoms. The maximum atomic E-state index is 12.3. The Labute approximate surface area is 147 Å². The molecular formula is C17H22N2O5S. The molecule has 0 fully saturated rings. The fourth-order valence-electron chi connectivity index (χ4n) is 2.45. The van der Waals surface area contributed by atoms with E-state index in [1.54, 1.807) is 12.2 Å². The highest BCUT2D eigenvalue weighted by Gasteiger charge is 2.25. The topological polar surface area (TPSA) is 102 Å². The molecule has 8 heteroatoms. The minimum absolute atomic E-state index is 0.0692. The number of carbonyl (C=O) groups excluding carboxylic acids is 2. The molecule has 0 aromatic heterocycles. The van der Waals surface area contributed by atoms with Gasteiger partial charge in [-0.25, -0.2) is 13.1 Å². The summed E-state index contributed by atoms with van der Waals surface area (Å²) in [5, 5.41) is 2.85. The Hall–Kier alpha value is -2.19. The number of allylic oxidation sites excluding steroid dienone is 1. The van der Waals surface area contributed by atoms with Crippen LogP contribution in [0.3, 0.4) is 0 Å². The first-order valence-corrected chi connectivity index (χ1v) is 9.87. The molecule has 0 saturated heterocycles. The zero-order valence-corrected chi connectivity index (χ0v) is 14.8. The lowest BCUT2D eigenvalue weighted by molar-refractivity contribution is -0.147. The first-order valence-electron chi connectivity index (χ1n) is 7.98. The summed E-state index contributed by atoms with van der Waals surface area (Å²) in [6, 6.07) is 7.70. The predicted molar refractivity (Wildman–Crippen MR) is 93.0 cm³/mol. The number of hydrogen-bond donors (Lipinski definition) is 2. The van der Waals surface area contributed by atoms with Gasteiger partial charge < -0.3 is 10.1 Å². The second-order valence-corrected chi connectivity index (χ2v) is 7.63. The molecule has 1 aliphatic rings. The molecule has 1 aliphatic heterocycles. The molecule has 1 aromatic rings. The van der Waals surface area contributed by atoms with E-state index in [2.05, 4.69) is 10.0 Å². The largest absolute Gasteiger partial charge is 0.462 e. The molecule has 1 amide bonds. The molecule has 2 atom stereocenters. The van der Waals surface area contributed by atoms with Gasteiger partial charge in [-0.3, -0.25) is 9.59 Å². The number of cyclic esters (lactones) is 1. The first-order chi connectivity index (χ1) is 11.8. The van der Waals surface area contributed by atoms with Gasteiger partial charge in [0.15, 0.2) is 0 Å². The Bertz CT molecular complexity index is 731. The van der Waals surface area contributed by atoms with E-state index in [1.165, 1.54) is 0 Å². The quantitative estimate of drug-likeness (QED) is 0.615. The van der Waals surface area contributed by atoms with Crippen molar-refractivity contribution in [3.63, 3.8) is 0 Å². The van der Waals surface area contributed by atoms with Crippen LogP contribution in [0.4, 0.5) is 0 Å². The highest BCUT2D eigenvalue weighted by molar-refractivity contribution is 7.88. The number of benzene rings is 1. The number of carbonyl (C=O) groups is 2. The van der Waals surface area contributed by atoms with Crippen LogP contribution in [0, 0.1) is 0 Å². The van der Waals surface area contributed by atoms with E-state index in [1.807, 2.05) is 30.3 Å². The second-order valence-electron chi connectivity index (χ2n) is 5.85. The van der Waals surface area contributed by atoms with Crippen molar-refractivity contribution in [3.05, 3.63) is 48.0 Å². The van der Waals surface area contributed by atoms with Crippen LogP contribution in [0.2, 0.25) is 0 Å². The molecular weight excluding hydrogens is 344 g/mol. The number of rotatable bonds is 3. The molecule has 0 unspecified atom stereocenters. The minimum Gasteiger partial charge on any atom is -0.462 e. The standard InChI is InChI=1S/C17H22N2O5S/c1-25(22,23)19-14-10-6-3-7-11-16(20)18-15(12-24-17(14)21)13-8-4-2-5-9-13/h2-6,8-9,14-15,19H,7,10-12H2,1H3,(H,18,20)/b6-3-/t14-,15+/m1/s1. The fourth-order valence-corrected chi connectivity index (χ4v) is 3.16. The van der Waals surface area contributed by atoms with E-state index >= 15 is 0 Å². The summed E-state index contributed by atoms with van der Waals surface area (Å²) in [5.74, 6) is -0.813. The van der Waals surface area contributed by atoms with E-state index in [-0.39, 0.29) is 18.9 Å². The summed E-state index contributed by atoms with van der Waals surface area (Å²) in [4.78, 5) is 24.3. The van der Waals surface area contributed by atoms with Crippen LogP contribution in [0.1, 0.15) is 30.9 Å². The molecule has 0 radical (unpaired) electrons. The number of sulfonamides is 1. The lowest BCUT2D eigenvalue weighted by Crippen LogP contribution is -2.42. The Balaban J connectivity index is 2.18. The Kier molecular flexibility index (Phi) is 6.72. The average molecular weight is 366 g/mol. The van der Waals surface area contributed by atoms with Crippen LogP contribution in [-0.4, -0.2) is 39.2 Å². The van der Waals surface area contributed by atoms with Gasteiger partial charge in [0.1, 0.15) is 12.6 Å². The Morgan fingerprint density at radius 1 is 1.16 bits per heavy atom. The number of nitrogens with one attached hydrogen (secondary N) is 2. The first kappa shape index (κ1) is 19.1. The predicted octanol–water partition coefficient (Wildman–Crippen LogP) is 1.04. The van der Waals surface area contributed by atoms with Gasteiger partial charge in [-0.2, -0.15) is 0 Å². The third-order valence-corrected chi connectivity index (χ3v) is 4.36. The maximum Gasteiger partial charge on any atom is 0.324 e. The lowest BCUT2D eigenvalue weighted by atomic mass is 10.1. The van der Waals surface area contributed by atoms with Gasteiger partial charge in [0, 0.05) is 6.42 Å². The molecule has 1 aromatic carbocycles. The molecule has 0 aliphatic carbocycles. The monoisotopic (exact) mass is 366 g/mol. The van der Waals surface area contributed by atoms with Crippen molar-refractivity contribution in [2.45, 2.75) is 31.3 Å². The molecule has 2 N–H and O–H groups in total. The lowest BCUT2D eigenvalue weighted by Gasteiger charge is -2.22. The van der Waals surface area contributed by atoms with Crippen molar-refractivity contribution in [3.8, 4) is 0 Å². The molecule has 1 heterocycles. The van der Waals surface area contributed by atoms with E-state index in [9.17, 15) is 18.0 Å². The van der Waals surface area contributed by atoms with Gasteiger partial charge in [-0.1, -0.05) is 42.5 Å². The van der Waals surface area contributed by atoms with E-state index in [4.69, 9.17) is 4.74 Å². The fraction of sp³-hybridized carbons (Fsp3) is 0.412. The summed E-state index contributed by atoms with van der Waals surface area (Å²) in [6.07, 6.45) is 5.40. The average Bonchev–Trinajstić information content (AvgIpc) is 2.55. The highest BCUT2D eigenvalue weighted by Crippen LogP contribution is 2.15. The van der Waals surface area contributed by atoms with Crippen LogP contribution in [0.15, 0.2) is 42.5 Å². The SMILES string of the molecule is CS(=O)(=O)N[C@@H]1C/C=C\CCC(=O)N[C@H](c2ccccc2)COC1=O. The van der Waals surface area contributed by atoms with Gasteiger partial charge in [0.05, 0.1) is 12.3 Å². The number of hydrogen-bond acceptors (Lipinski definition) is 5. The summed E-state index contributed by atoms with van der Waals surface area (Å²) >= 11 is 0. The number of esters is 1. The Morgan fingerprint density at radius 3 is 2.56 bits per heavy atom. The summed E-state index contributed by atoms with van der Waals surface area (Å²) in [7, 11) is -3.55. The van der Waals surface area contributed by atoms with Crippen molar-refractivity contribution in [1.82, 2.24) is 10.0 Å². The zero-order valence-electron chi connectivity index (χ0n) is 14.0. The normalized spacial score (nSPS) is 24.4. The van der Waals surface area contributed by atoms with Gasteiger partial charge >= 0.3 is 5.97 Å². The van der Waals surface area contributed by atoms with Crippen molar-refractivity contribution < 1.29 is 22.7 Å². The van der Waals surface area contributed by atoms with Gasteiger partial charge in [0.2, 0.25) is 15.9 Å². The molecule has 25 heavy (non-hydrogen) atoms. The Morgan fingerprint density at radius 2 is 1.88 bits per heavy atom. The van der Waals surface area contributed by atoms with Crippen molar-refractivity contribution in [2.75, 3.05) is 12.9 Å². The van der Waals surface area contributed by atoms with Crippen LogP contribution < -0.4 is 10.0 Å².